The minimum atomic E-state index is -3.61. The summed E-state index contributed by atoms with van der Waals surface area (Å²) in [6.45, 7) is 9.53. The first-order valence-corrected chi connectivity index (χ1v) is 16.4. The van der Waals surface area contributed by atoms with Crippen LogP contribution in [0.2, 0.25) is 0 Å². The number of amides is 1. The number of hydrogen-bond acceptors (Lipinski definition) is 8. The summed E-state index contributed by atoms with van der Waals surface area (Å²) in [5.41, 5.74) is 1.17. The van der Waals surface area contributed by atoms with Crippen molar-refractivity contribution in [1.29, 1.82) is 0 Å². The molecule has 5 rings (SSSR count). The van der Waals surface area contributed by atoms with Gasteiger partial charge in [0.25, 0.3) is 5.91 Å². The number of benzene rings is 2. The smallest absolute Gasteiger partial charge is 0.260 e. The second kappa shape index (κ2) is 12.9. The lowest BCUT2D eigenvalue weighted by molar-refractivity contribution is 0.0376. The van der Waals surface area contributed by atoms with E-state index in [9.17, 15) is 13.2 Å². The van der Waals surface area contributed by atoms with Crippen LogP contribution in [-0.4, -0.2) is 87.1 Å². The van der Waals surface area contributed by atoms with Crippen LogP contribution in [0.4, 0.5) is 5.13 Å². The average molecular weight is 587 g/mol. The monoisotopic (exact) mass is 586 g/mol. The Morgan fingerprint density at radius 3 is 2.62 bits per heavy atom. The highest BCUT2D eigenvalue weighted by molar-refractivity contribution is 7.89. The van der Waals surface area contributed by atoms with Crippen molar-refractivity contribution >= 4 is 42.6 Å². The molecule has 40 heavy (non-hydrogen) atoms. The van der Waals surface area contributed by atoms with Gasteiger partial charge in [0, 0.05) is 44.3 Å². The predicted molar refractivity (Wildman–Crippen MR) is 158 cm³/mol. The minimum Gasteiger partial charge on any atom is -0.492 e. The summed E-state index contributed by atoms with van der Waals surface area (Å²) in [5.74, 6) is 0.499. The number of para-hydroxylation sites is 1. The number of thiazole rings is 1. The van der Waals surface area contributed by atoms with Gasteiger partial charge < -0.3 is 9.47 Å². The summed E-state index contributed by atoms with van der Waals surface area (Å²) in [4.78, 5) is 23.0. The van der Waals surface area contributed by atoms with E-state index in [-0.39, 0.29) is 16.8 Å². The molecule has 0 spiro atoms. The SMILES string of the molecule is CCOc1cccc2sc(N(CCCN3CCOCC3)C(=O)c3ccc(S(=O)(=O)N4CCCCC4C)cc3)nc12. The third kappa shape index (κ3) is 6.33. The molecule has 2 saturated heterocycles. The molecule has 2 aliphatic heterocycles. The van der Waals surface area contributed by atoms with Gasteiger partial charge in [-0.1, -0.05) is 23.8 Å². The summed E-state index contributed by atoms with van der Waals surface area (Å²) in [7, 11) is -3.61. The zero-order valence-electron chi connectivity index (χ0n) is 23.3. The summed E-state index contributed by atoms with van der Waals surface area (Å²) in [5, 5.41) is 0.605. The number of piperidine rings is 1. The number of carbonyl (C=O) groups is 1. The lowest BCUT2D eigenvalue weighted by Crippen LogP contribution is -2.41. The molecule has 0 N–H and O–H groups in total. The van der Waals surface area contributed by atoms with Gasteiger partial charge in [0.2, 0.25) is 10.0 Å². The van der Waals surface area contributed by atoms with Crippen molar-refractivity contribution in [2.24, 2.45) is 0 Å². The molecule has 2 aliphatic rings. The molecule has 9 nitrogen and oxygen atoms in total. The van der Waals surface area contributed by atoms with Crippen LogP contribution in [0.25, 0.3) is 10.2 Å². The Morgan fingerprint density at radius 1 is 1.12 bits per heavy atom. The highest BCUT2D eigenvalue weighted by atomic mass is 32.2. The Hall–Kier alpha value is -2.57. The summed E-state index contributed by atoms with van der Waals surface area (Å²) >= 11 is 1.46. The van der Waals surface area contributed by atoms with Crippen LogP contribution in [0, 0.1) is 0 Å². The zero-order valence-corrected chi connectivity index (χ0v) is 24.9. The average Bonchev–Trinajstić information content (AvgIpc) is 3.41. The number of carbonyl (C=O) groups excluding carboxylic acids is 1. The van der Waals surface area contributed by atoms with E-state index < -0.39 is 10.0 Å². The number of sulfonamides is 1. The third-order valence-electron chi connectivity index (χ3n) is 7.56. The van der Waals surface area contributed by atoms with Crippen LogP contribution in [0.15, 0.2) is 47.4 Å². The summed E-state index contributed by atoms with van der Waals surface area (Å²) in [6.07, 6.45) is 3.55. The normalized spacial score (nSPS) is 19.1. The first-order chi connectivity index (χ1) is 19.4. The lowest BCUT2D eigenvalue weighted by Gasteiger charge is -2.32. The Morgan fingerprint density at radius 2 is 1.90 bits per heavy atom. The van der Waals surface area contributed by atoms with Gasteiger partial charge in [-0.05, 0) is 69.5 Å². The van der Waals surface area contributed by atoms with E-state index >= 15 is 0 Å². The third-order valence-corrected chi connectivity index (χ3v) is 10.6. The first kappa shape index (κ1) is 28.9. The van der Waals surface area contributed by atoms with Crippen LogP contribution >= 0.6 is 11.3 Å². The molecule has 0 aliphatic carbocycles. The number of fused-ring (bicyclic) bond motifs is 1. The maximum Gasteiger partial charge on any atom is 0.260 e. The number of morpholine rings is 1. The largest absolute Gasteiger partial charge is 0.492 e. The van der Waals surface area contributed by atoms with Gasteiger partial charge in [0.05, 0.1) is 29.4 Å². The van der Waals surface area contributed by atoms with E-state index in [0.717, 1.165) is 68.7 Å². The number of rotatable bonds is 10. The highest BCUT2D eigenvalue weighted by Gasteiger charge is 2.31. The summed E-state index contributed by atoms with van der Waals surface area (Å²) < 4.78 is 40.4. The van der Waals surface area contributed by atoms with E-state index in [2.05, 4.69) is 4.90 Å². The van der Waals surface area contributed by atoms with Gasteiger partial charge in [-0.25, -0.2) is 13.4 Å². The van der Waals surface area contributed by atoms with Crippen LogP contribution in [0.1, 0.15) is 49.9 Å². The molecule has 3 heterocycles. The molecule has 0 saturated carbocycles. The van der Waals surface area contributed by atoms with Crippen molar-refractivity contribution < 1.29 is 22.7 Å². The van der Waals surface area contributed by atoms with Crippen molar-refractivity contribution in [2.45, 2.75) is 50.5 Å². The second-order valence-electron chi connectivity index (χ2n) is 10.3. The van der Waals surface area contributed by atoms with E-state index in [1.165, 1.54) is 11.3 Å². The van der Waals surface area contributed by atoms with Gasteiger partial charge >= 0.3 is 0 Å². The number of anilines is 1. The van der Waals surface area contributed by atoms with Crippen molar-refractivity contribution in [1.82, 2.24) is 14.2 Å². The standard InChI is InChI=1S/C29H38N4O5S2/c1-3-38-25-9-6-10-26-27(25)30-29(39-26)32(16-7-15-31-18-20-37-21-19-31)28(34)23-11-13-24(14-12-23)40(35,36)33-17-5-4-8-22(33)2/h6,9-14,22H,3-5,7-8,15-21H2,1-2H3. The lowest BCUT2D eigenvalue weighted by atomic mass is 10.1. The molecule has 2 aromatic carbocycles. The fourth-order valence-corrected chi connectivity index (χ4v) is 8.06. The van der Waals surface area contributed by atoms with Crippen LogP contribution in [0.5, 0.6) is 5.75 Å². The molecule has 0 radical (unpaired) electrons. The highest BCUT2D eigenvalue weighted by Crippen LogP contribution is 2.35. The molecule has 2 fully saturated rings. The predicted octanol–water partition coefficient (Wildman–Crippen LogP) is 4.63. The van der Waals surface area contributed by atoms with E-state index in [1.54, 1.807) is 33.5 Å². The topological polar surface area (TPSA) is 92.3 Å². The number of ether oxygens (including phenoxy) is 2. The second-order valence-corrected chi connectivity index (χ2v) is 13.2. The molecule has 1 aromatic heterocycles. The molecule has 1 amide bonds. The first-order valence-electron chi connectivity index (χ1n) is 14.1. The maximum absolute atomic E-state index is 13.9. The number of aromatic nitrogens is 1. The van der Waals surface area contributed by atoms with Gasteiger partial charge in [-0.15, -0.1) is 0 Å². The Kier molecular flexibility index (Phi) is 9.37. The molecular formula is C29H38N4O5S2. The summed E-state index contributed by atoms with van der Waals surface area (Å²) in [6, 6.07) is 12.1. The zero-order chi connectivity index (χ0) is 28.1. The molecule has 3 aromatic rings. The van der Waals surface area contributed by atoms with Crippen LogP contribution in [-0.2, 0) is 14.8 Å². The van der Waals surface area contributed by atoms with Gasteiger partial charge in [-0.3, -0.25) is 14.6 Å². The molecule has 216 valence electrons. The van der Waals surface area contributed by atoms with Crippen LogP contribution in [0.3, 0.4) is 0 Å². The Balaban J connectivity index is 1.40. The molecular weight excluding hydrogens is 548 g/mol. The van der Waals surface area contributed by atoms with Crippen molar-refractivity contribution in [2.75, 3.05) is 57.4 Å². The van der Waals surface area contributed by atoms with Crippen molar-refractivity contribution in [3.05, 3.63) is 48.0 Å². The maximum atomic E-state index is 13.9. The molecule has 11 heteroatoms. The number of hydrogen-bond donors (Lipinski definition) is 0. The van der Waals surface area contributed by atoms with E-state index in [0.29, 0.717) is 36.1 Å². The van der Waals surface area contributed by atoms with Crippen LogP contribution < -0.4 is 9.64 Å². The molecule has 1 atom stereocenters. The van der Waals surface area contributed by atoms with E-state index in [4.69, 9.17) is 14.5 Å². The minimum absolute atomic E-state index is 0.0253. The van der Waals surface area contributed by atoms with Crippen molar-refractivity contribution in [3.8, 4) is 5.75 Å². The van der Waals surface area contributed by atoms with E-state index in [1.807, 2.05) is 32.0 Å². The van der Waals surface area contributed by atoms with Gasteiger partial charge in [-0.2, -0.15) is 4.31 Å². The number of nitrogens with zero attached hydrogens (tertiary/aromatic N) is 4. The molecule has 0 bridgehead atoms. The quantitative estimate of drug-likeness (QED) is 0.342. The Labute approximate surface area is 240 Å². The molecule has 1 unspecified atom stereocenters. The van der Waals surface area contributed by atoms with Gasteiger partial charge in [0.15, 0.2) is 5.13 Å². The van der Waals surface area contributed by atoms with Crippen molar-refractivity contribution in [3.63, 3.8) is 0 Å². The fourth-order valence-electron chi connectivity index (χ4n) is 5.35. The fraction of sp³-hybridized carbons (Fsp3) is 0.517. The Bertz CT molecular complexity index is 1400. The van der Waals surface area contributed by atoms with Gasteiger partial charge in [0.1, 0.15) is 11.3 Å².